The molecule has 0 spiro atoms. The number of benzene rings is 2. The molecule has 0 saturated heterocycles. The van der Waals surface area contributed by atoms with Gasteiger partial charge in [-0.3, -0.25) is 9.78 Å². The highest BCUT2D eigenvalue weighted by molar-refractivity contribution is 6.11. The number of carbonyl (C=O) groups excluding carboxylic acids is 1. The lowest BCUT2D eigenvalue weighted by Gasteiger charge is -2.16. The summed E-state index contributed by atoms with van der Waals surface area (Å²) in [6.07, 6.45) is 1.77. The van der Waals surface area contributed by atoms with Gasteiger partial charge in [-0.25, -0.2) is 0 Å². The Labute approximate surface area is 121 Å². The standard InChI is InChI=1S/C17H13N3O/c18-13-4-3-12-10-20(17(21)15(12)9-13)14-5-6-16-11(8-14)2-1-7-19-16/h1-9H,10,18H2. The zero-order valence-corrected chi connectivity index (χ0v) is 11.3. The van der Waals surface area contributed by atoms with Crippen molar-refractivity contribution in [1.29, 1.82) is 0 Å². The molecule has 4 heteroatoms. The summed E-state index contributed by atoms with van der Waals surface area (Å²) >= 11 is 0. The largest absolute Gasteiger partial charge is 0.399 e. The molecule has 2 aromatic carbocycles. The molecule has 0 fully saturated rings. The summed E-state index contributed by atoms with van der Waals surface area (Å²) in [5, 5.41) is 1.03. The van der Waals surface area contributed by atoms with E-state index in [1.54, 1.807) is 17.2 Å². The Balaban J connectivity index is 1.78. The first-order chi connectivity index (χ1) is 10.2. The maximum absolute atomic E-state index is 12.5. The van der Waals surface area contributed by atoms with Gasteiger partial charge in [0.05, 0.1) is 12.1 Å². The number of pyridine rings is 1. The van der Waals surface area contributed by atoms with Crippen molar-refractivity contribution in [3.05, 3.63) is 65.9 Å². The molecule has 0 radical (unpaired) electrons. The second-order valence-electron chi connectivity index (χ2n) is 5.19. The highest BCUT2D eigenvalue weighted by Gasteiger charge is 2.28. The molecule has 1 aromatic heterocycles. The molecule has 0 unspecified atom stereocenters. The Bertz CT molecular complexity index is 873. The van der Waals surface area contributed by atoms with Gasteiger partial charge in [0, 0.05) is 28.5 Å². The van der Waals surface area contributed by atoms with Crippen LogP contribution in [0.5, 0.6) is 0 Å². The average molecular weight is 275 g/mol. The molecule has 0 bridgehead atoms. The van der Waals surface area contributed by atoms with E-state index in [9.17, 15) is 4.79 Å². The fourth-order valence-electron chi connectivity index (χ4n) is 2.76. The molecule has 2 heterocycles. The van der Waals surface area contributed by atoms with Gasteiger partial charge in [-0.15, -0.1) is 0 Å². The third-order valence-corrected chi connectivity index (χ3v) is 3.84. The van der Waals surface area contributed by atoms with Crippen LogP contribution in [0.2, 0.25) is 0 Å². The third kappa shape index (κ3) is 1.84. The normalized spacial score (nSPS) is 13.7. The van der Waals surface area contributed by atoms with Crippen molar-refractivity contribution in [2.24, 2.45) is 0 Å². The Morgan fingerprint density at radius 2 is 2.00 bits per heavy atom. The van der Waals surface area contributed by atoms with Gasteiger partial charge in [0.1, 0.15) is 0 Å². The van der Waals surface area contributed by atoms with E-state index in [2.05, 4.69) is 4.98 Å². The molecular weight excluding hydrogens is 262 g/mol. The second-order valence-corrected chi connectivity index (χ2v) is 5.19. The highest BCUT2D eigenvalue weighted by Crippen LogP contribution is 2.30. The number of anilines is 2. The maximum atomic E-state index is 12.5. The Kier molecular flexibility index (Phi) is 2.44. The zero-order valence-electron chi connectivity index (χ0n) is 11.3. The second kappa shape index (κ2) is 4.31. The number of hydrogen-bond donors (Lipinski definition) is 1. The first-order valence-corrected chi connectivity index (χ1v) is 6.77. The SMILES string of the molecule is Nc1ccc2c(c1)C(=O)N(c1ccc3ncccc3c1)C2. The summed E-state index contributed by atoms with van der Waals surface area (Å²) in [7, 11) is 0. The monoisotopic (exact) mass is 275 g/mol. The van der Waals surface area contributed by atoms with Crippen molar-refractivity contribution in [1.82, 2.24) is 4.98 Å². The third-order valence-electron chi connectivity index (χ3n) is 3.84. The van der Waals surface area contributed by atoms with E-state index in [0.717, 1.165) is 22.2 Å². The summed E-state index contributed by atoms with van der Waals surface area (Å²) in [6.45, 7) is 0.584. The van der Waals surface area contributed by atoms with Crippen LogP contribution in [-0.4, -0.2) is 10.9 Å². The van der Waals surface area contributed by atoms with E-state index >= 15 is 0 Å². The molecule has 1 amide bonds. The zero-order chi connectivity index (χ0) is 14.4. The topological polar surface area (TPSA) is 59.2 Å². The molecule has 0 aliphatic carbocycles. The number of nitrogen functional groups attached to an aromatic ring is 1. The molecule has 4 rings (SSSR count). The average Bonchev–Trinajstić information content (AvgIpc) is 2.84. The predicted octanol–water partition coefficient (Wildman–Crippen LogP) is 2.98. The number of amides is 1. The molecule has 3 aromatic rings. The minimum absolute atomic E-state index is 0.000500. The molecule has 21 heavy (non-hydrogen) atoms. The van der Waals surface area contributed by atoms with Crippen molar-refractivity contribution in [2.75, 3.05) is 10.6 Å². The van der Waals surface area contributed by atoms with Crippen LogP contribution in [0.4, 0.5) is 11.4 Å². The summed E-state index contributed by atoms with van der Waals surface area (Å²) in [5.74, 6) is 0.000500. The number of fused-ring (bicyclic) bond motifs is 2. The van der Waals surface area contributed by atoms with Crippen LogP contribution in [-0.2, 0) is 6.54 Å². The molecule has 102 valence electrons. The fraction of sp³-hybridized carbons (Fsp3) is 0.0588. The van der Waals surface area contributed by atoms with Gasteiger partial charge in [0.25, 0.3) is 5.91 Å². The number of aromatic nitrogens is 1. The minimum Gasteiger partial charge on any atom is -0.399 e. The minimum atomic E-state index is 0.000500. The van der Waals surface area contributed by atoms with Crippen LogP contribution in [0.25, 0.3) is 10.9 Å². The van der Waals surface area contributed by atoms with E-state index in [0.29, 0.717) is 17.8 Å². The quantitative estimate of drug-likeness (QED) is 0.694. The van der Waals surface area contributed by atoms with Crippen molar-refractivity contribution in [2.45, 2.75) is 6.54 Å². The van der Waals surface area contributed by atoms with Crippen molar-refractivity contribution >= 4 is 28.2 Å². The summed E-state index contributed by atoms with van der Waals surface area (Å²) in [6, 6.07) is 15.3. The highest BCUT2D eigenvalue weighted by atomic mass is 16.2. The van der Waals surface area contributed by atoms with Gasteiger partial charge in [-0.1, -0.05) is 12.1 Å². The fourth-order valence-corrected chi connectivity index (χ4v) is 2.76. The first kappa shape index (κ1) is 11.9. The molecule has 1 aliphatic heterocycles. The molecular formula is C17H13N3O. The first-order valence-electron chi connectivity index (χ1n) is 6.77. The van der Waals surface area contributed by atoms with Crippen LogP contribution >= 0.6 is 0 Å². The lowest BCUT2D eigenvalue weighted by atomic mass is 10.1. The molecule has 4 nitrogen and oxygen atoms in total. The van der Waals surface area contributed by atoms with Crippen LogP contribution in [0.15, 0.2) is 54.7 Å². The van der Waals surface area contributed by atoms with Gasteiger partial charge < -0.3 is 10.6 Å². The molecule has 2 N–H and O–H groups in total. The van der Waals surface area contributed by atoms with Crippen LogP contribution < -0.4 is 10.6 Å². The number of rotatable bonds is 1. The lowest BCUT2D eigenvalue weighted by Crippen LogP contribution is -2.22. The Hall–Kier alpha value is -2.88. The van der Waals surface area contributed by atoms with Gasteiger partial charge in [0.2, 0.25) is 0 Å². The van der Waals surface area contributed by atoms with E-state index in [-0.39, 0.29) is 5.91 Å². The molecule has 1 aliphatic rings. The van der Waals surface area contributed by atoms with Crippen LogP contribution in [0.3, 0.4) is 0 Å². The summed E-state index contributed by atoms with van der Waals surface area (Å²) in [5.41, 5.74) is 9.91. The Morgan fingerprint density at radius 1 is 1.10 bits per heavy atom. The van der Waals surface area contributed by atoms with Gasteiger partial charge in [0.15, 0.2) is 0 Å². The summed E-state index contributed by atoms with van der Waals surface area (Å²) in [4.78, 5) is 18.6. The van der Waals surface area contributed by atoms with Gasteiger partial charge in [-0.2, -0.15) is 0 Å². The van der Waals surface area contributed by atoms with Gasteiger partial charge in [-0.05, 0) is 42.0 Å². The summed E-state index contributed by atoms with van der Waals surface area (Å²) < 4.78 is 0. The van der Waals surface area contributed by atoms with E-state index in [4.69, 9.17) is 5.73 Å². The number of nitrogens with zero attached hydrogens (tertiary/aromatic N) is 2. The van der Waals surface area contributed by atoms with Crippen molar-refractivity contribution in [3.63, 3.8) is 0 Å². The van der Waals surface area contributed by atoms with Crippen LogP contribution in [0.1, 0.15) is 15.9 Å². The van der Waals surface area contributed by atoms with Crippen molar-refractivity contribution < 1.29 is 4.79 Å². The number of carbonyl (C=O) groups is 1. The van der Waals surface area contributed by atoms with Gasteiger partial charge >= 0.3 is 0 Å². The number of hydrogen-bond acceptors (Lipinski definition) is 3. The van der Waals surface area contributed by atoms with E-state index < -0.39 is 0 Å². The maximum Gasteiger partial charge on any atom is 0.259 e. The number of nitrogens with two attached hydrogens (primary N) is 1. The van der Waals surface area contributed by atoms with E-state index in [1.807, 2.05) is 42.5 Å². The van der Waals surface area contributed by atoms with Crippen LogP contribution in [0, 0.1) is 0 Å². The predicted molar refractivity (Wildman–Crippen MR) is 83.1 cm³/mol. The lowest BCUT2D eigenvalue weighted by molar-refractivity contribution is 0.0996. The van der Waals surface area contributed by atoms with Crippen molar-refractivity contribution in [3.8, 4) is 0 Å². The molecule has 0 saturated carbocycles. The molecule has 0 atom stereocenters. The smallest absolute Gasteiger partial charge is 0.259 e. The Morgan fingerprint density at radius 3 is 2.90 bits per heavy atom. The van der Waals surface area contributed by atoms with E-state index in [1.165, 1.54) is 0 Å².